The third-order valence-corrected chi connectivity index (χ3v) is 6.14. The van der Waals surface area contributed by atoms with E-state index >= 15 is 0 Å². The molecule has 2 atom stereocenters. The molecule has 0 aromatic rings. The fraction of sp³-hybridized carbons (Fsp3) is 0.958. The van der Waals surface area contributed by atoms with Crippen LogP contribution in [0.2, 0.25) is 0 Å². The second-order valence-electron chi connectivity index (χ2n) is 11.5. The van der Waals surface area contributed by atoms with Crippen molar-refractivity contribution in [1.82, 2.24) is 10.6 Å². The van der Waals surface area contributed by atoms with E-state index in [9.17, 15) is 4.79 Å². The summed E-state index contributed by atoms with van der Waals surface area (Å²) in [4.78, 5) is 12.9. The summed E-state index contributed by atoms with van der Waals surface area (Å²) in [6.45, 7) is 25.9. The van der Waals surface area contributed by atoms with Crippen molar-refractivity contribution < 1.29 is 14.3 Å². The zero-order valence-electron chi connectivity index (χ0n) is 21.6. The lowest BCUT2D eigenvalue weighted by atomic mass is 9.66. The van der Waals surface area contributed by atoms with E-state index in [1.54, 1.807) is 7.11 Å². The largest absolute Gasteiger partial charge is 0.379 e. The Morgan fingerprint density at radius 2 is 1.45 bits per heavy atom. The van der Waals surface area contributed by atoms with E-state index in [-0.39, 0.29) is 34.7 Å². The van der Waals surface area contributed by atoms with Crippen LogP contribution in [0.4, 0.5) is 0 Å². The van der Waals surface area contributed by atoms with E-state index in [4.69, 9.17) is 9.47 Å². The van der Waals surface area contributed by atoms with E-state index in [1.807, 2.05) is 13.8 Å². The molecule has 0 saturated carbocycles. The number of hydrogen-bond acceptors (Lipinski definition) is 4. The maximum absolute atomic E-state index is 12.9. The number of amides is 1. The van der Waals surface area contributed by atoms with Crippen molar-refractivity contribution in [3.8, 4) is 0 Å². The van der Waals surface area contributed by atoms with Crippen LogP contribution in [0.15, 0.2) is 0 Å². The van der Waals surface area contributed by atoms with Gasteiger partial charge in [0, 0.05) is 37.6 Å². The van der Waals surface area contributed by atoms with Gasteiger partial charge in [0.25, 0.3) is 0 Å². The number of carbonyl (C=O) groups is 1. The molecule has 0 rings (SSSR count). The van der Waals surface area contributed by atoms with Crippen LogP contribution in [-0.4, -0.2) is 49.0 Å². The van der Waals surface area contributed by atoms with Gasteiger partial charge in [-0.2, -0.15) is 0 Å². The number of hydrogen-bond donors (Lipinski definition) is 2. The summed E-state index contributed by atoms with van der Waals surface area (Å²) in [7, 11) is 1.74. The first-order chi connectivity index (χ1) is 12.8. The van der Waals surface area contributed by atoms with Gasteiger partial charge in [0.2, 0.25) is 5.91 Å². The van der Waals surface area contributed by atoms with Crippen molar-refractivity contribution in [1.29, 1.82) is 0 Å². The highest BCUT2D eigenvalue weighted by molar-refractivity contribution is 5.81. The van der Waals surface area contributed by atoms with Crippen molar-refractivity contribution in [2.45, 2.75) is 125 Å². The molecule has 5 heteroatoms. The van der Waals surface area contributed by atoms with E-state index in [0.717, 1.165) is 12.8 Å². The molecule has 5 nitrogen and oxygen atoms in total. The predicted octanol–water partition coefficient (Wildman–Crippen LogP) is 4.93. The zero-order valence-corrected chi connectivity index (χ0v) is 21.6. The van der Waals surface area contributed by atoms with Crippen LogP contribution < -0.4 is 10.6 Å². The third kappa shape index (κ3) is 9.80. The summed E-state index contributed by atoms with van der Waals surface area (Å²) < 4.78 is 12.0. The van der Waals surface area contributed by atoms with Gasteiger partial charge in [-0.3, -0.25) is 4.79 Å². The average Bonchev–Trinajstić information content (AvgIpc) is 2.49. The molecule has 0 aromatic carbocycles. The fourth-order valence-corrected chi connectivity index (χ4v) is 3.99. The molecule has 0 fully saturated rings. The molecule has 0 saturated heterocycles. The number of rotatable bonds is 13. The van der Waals surface area contributed by atoms with Crippen molar-refractivity contribution >= 4 is 5.91 Å². The van der Waals surface area contributed by atoms with Crippen LogP contribution in [0.3, 0.4) is 0 Å². The van der Waals surface area contributed by atoms with Gasteiger partial charge in [-0.25, -0.2) is 0 Å². The molecule has 2 unspecified atom stereocenters. The van der Waals surface area contributed by atoms with Gasteiger partial charge in [0.1, 0.15) is 0 Å². The quantitative estimate of drug-likeness (QED) is 0.448. The summed E-state index contributed by atoms with van der Waals surface area (Å²) in [5.41, 5.74) is -1.29. The predicted molar refractivity (Wildman–Crippen MR) is 123 cm³/mol. The number of methoxy groups -OCH3 is 1. The van der Waals surface area contributed by atoms with Crippen molar-refractivity contribution in [2.24, 2.45) is 10.8 Å². The van der Waals surface area contributed by atoms with Crippen LogP contribution in [0, 0.1) is 10.8 Å². The molecule has 0 aliphatic carbocycles. The van der Waals surface area contributed by atoms with Crippen LogP contribution in [0.5, 0.6) is 0 Å². The number of ether oxygens (including phenoxy) is 2. The first-order valence-electron chi connectivity index (χ1n) is 11.1. The fourth-order valence-electron chi connectivity index (χ4n) is 3.99. The topological polar surface area (TPSA) is 59.6 Å². The Kier molecular flexibility index (Phi) is 10.4. The van der Waals surface area contributed by atoms with Crippen LogP contribution in [-0.2, 0) is 14.3 Å². The second-order valence-corrected chi connectivity index (χ2v) is 11.5. The lowest BCUT2D eigenvalue weighted by Gasteiger charge is -2.47. The number of carbonyl (C=O) groups excluding carboxylic acids is 1. The van der Waals surface area contributed by atoms with Gasteiger partial charge < -0.3 is 20.1 Å². The molecule has 174 valence electrons. The Bertz CT molecular complexity index is 510. The van der Waals surface area contributed by atoms with E-state index < -0.39 is 5.41 Å². The summed E-state index contributed by atoms with van der Waals surface area (Å²) in [5, 5.41) is 6.54. The van der Waals surface area contributed by atoms with Gasteiger partial charge >= 0.3 is 0 Å². The van der Waals surface area contributed by atoms with Gasteiger partial charge in [-0.05, 0) is 53.4 Å². The van der Waals surface area contributed by atoms with Gasteiger partial charge in [-0.1, -0.05) is 41.5 Å². The highest BCUT2D eigenvalue weighted by atomic mass is 16.5. The molecular weight excluding hydrogens is 364 g/mol. The molecule has 0 aromatic heterocycles. The molecule has 0 spiro atoms. The van der Waals surface area contributed by atoms with E-state index in [1.165, 1.54) is 0 Å². The minimum absolute atomic E-state index is 0.0547. The first kappa shape index (κ1) is 28.4. The molecular formula is C24H50N2O3. The van der Waals surface area contributed by atoms with E-state index in [2.05, 4.69) is 79.9 Å². The first-order valence-corrected chi connectivity index (χ1v) is 11.1. The molecule has 29 heavy (non-hydrogen) atoms. The second kappa shape index (κ2) is 10.6. The Morgan fingerprint density at radius 1 is 0.931 bits per heavy atom. The summed E-state index contributed by atoms with van der Waals surface area (Å²) >= 11 is 0. The molecule has 0 aliphatic rings. The molecule has 0 bridgehead atoms. The Morgan fingerprint density at radius 3 is 1.90 bits per heavy atom. The molecule has 0 radical (unpaired) electrons. The lowest BCUT2D eigenvalue weighted by molar-refractivity contribution is -0.160. The Labute approximate surface area is 181 Å². The minimum Gasteiger partial charge on any atom is -0.379 e. The van der Waals surface area contributed by atoms with Crippen LogP contribution in [0.25, 0.3) is 0 Å². The van der Waals surface area contributed by atoms with Crippen molar-refractivity contribution in [2.75, 3.05) is 13.7 Å². The van der Waals surface area contributed by atoms with Crippen molar-refractivity contribution in [3.63, 3.8) is 0 Å². The van der Waals surface area contributed by atoms with Crippen LogP contribution in [0.1, 0.15) is 95.9 Å². The maximum atomic E-state index is 12.9. The summed E-state index contributed by atoms with van der Waals surface area (Å²) in [6, 6.07) is 0.643. The highest BCUT2D eigenvalue weighted by Gasteiger charge is 2.45. The maximum Gasteiger partial charge on any atom is 0.225 e. The highest BCUT2D eigenvalue weighted by Crippen LogP contribution is 2.44. The van der Waals surface area contributed by atoms with Gasteiger partial charge in [0.15, 0.2) is 0 Å². The summed E-state index contributed by atoms with van der Waals surface area (Å²) in [6.07, 6.45) is 1.60. The van der Waals surface area contributed by atoms with Crippen LogP contribution >= 0.6 is 0 Å². The number of nitrogens with one attached hydrogen (secondary N) is 2. The normalized spacial score (nSPS) is 16.1. The molecule has 1 amide bonds. The lowest BCUT2D eigenvalue weighted by Crippen LogP contribution is -2.50. The van der Waals surface area contributed by atoms with Gasteiger partial charge in [0.05, 0.1) is 17.3 Å². The van der Waals surface area contributed by atoms with Crippen molar-refractivity contribution in [3.05, 3.63) is 0 Å². The SMILES string of the molecule is COC(C)(C)CC(C)OC(C)(C)C(C)(C)CC(C)(C)C(=O)NCC(C)NC(C)C. The smallest absolute Gasteiger partial charge is 0.225 e. The monoisotopic (exact) mass is 414 g/mol. The zero-order chi connectivity index (χ0) is 23.3. The Balaban J connectivity index is 5.02. The van der Waals surface area contributed by atoms with Gasteiger partial charge in [-0.15, -0.1) is 0 Å². The third-order valence-electron chi connectivity index (χ3n) is 6.14. The molecule has 0 aliphatic heterocycles. The van der Waals surface area contributed by atoms with E-state index in [0.29, 0.717) is 12.6 Å². The Hall–Kier alpha value is -0.650. The minimum atomic E-state index is -0.489. The average molecular weight is 415 g/mol. The summed E-state index contributed by atoms with van der Waals surface area (Å²) in [5.74, 6) is 0.0901. The molecule has 2 N–H and O–H groups in total. The standard InChI is InChI=1S/C24H50N2O3/c1-17(2)26-18(3)15-25-20(27)21(5,6)16-22(7,8)24(11,12)29-19(4)14-23(9,10)28-13/h17-19,26H,14-16H2,1-13H3,(H,25,27). The molecule has 0 heterocycles.